The maximum absolute atomic E-state index is 14.6. The van der Waals surface area contributed by atoms with Crippen molar-refractivity contribution in [2.24, 2.45) is 0 Å². The quantitative estimate of drug-likeness (QED) is 0.131. The van der Waals surface area contributed by atoms with Crippen LogP contribution in [-0.2, 0) is 42.7 Å². The van der Waals surface area contributed by atoms with Crippen LogP contribution in [0.2, 0.25) is 0 Å². The van der Waals surface area contributed by atoms with Crippen LogP contribution >= 0.6 is 0 Å². The minimum absolute atomic E-state index is 0.00787. The van der Waals surface area contributed by atoms with Gasteiger partial charge in [0.05, 0.1) is 65.5 Å². The first kappa shape index (κ1) is 41.3. The number of benzene rings is 4. The molecule has 1 atom stereocenters. The van der Waals surface area contributed by atoms with Gasteiger partial charge in [-0.25, -0.2) is 21.6 Å². The summed E-state index contributed by atoms with van der Waals surface area (Å²) in [5, 5.41) is 20.8. The molecule has 1 aliphatic rings. The number of carbonyl (C=O) groups excluding carboxylic acids is 2. The minimum Gasteiger partial charge on any atom is -0.450 e. The zero-order valence-corrected chi connectivity index (χ0v) is 33.2. The van der Waals surface area contributed by atoms with E-state index in [4.69, 9.17) is 4.74 Å². The molecule has 0 bridgehead atoms. The molecule has 0 N–H and O–H groups in total. The highest BCUT2D eigenvalue weighted by atomic mass is 32.2. The third kappa shape index (κ3) is 9.13. The SMILES string of the molecule is CCCS(=O)(=O)N(Cc1ccccc1)c1ccc(C2C(=O)N(c3ccc(N(Cc4ccccc4)S(=O)(=O)CCC)cc3C#N)CCN2C(=O)OCC)c(C#N)c1. The van der Waals surface area contributed by atoms with Gasteiger partial charge in [-0.3, -0.25) is 18.3 Å². The summed E-state index contributed by atoms with van der Waals surface area (Å²) in [6, 6.07) is 29.8. The molecule has 5 rings (SSSR count). The highest BCUT2D eigenvalue weighted by Crippen LogP contribution is 2.37. The number of hydrogen-bond donors (Lipinski definition) is 0. The molecule has 0 aromatic heterocycles. The second kappa shape index (κ2) is 18.2. The van der Waals surface area contributed by atoms with Gasteiger partial charge in [0, 0.05) is 18.7 Å². The van der Waals surface area contributed by atoms with Crippen molar-refractivity contribution in [2.75, 3.05) is 44.7 Å². The lowest BCUT2D eigenvalue weighted by Gasteiger charge is -2.40. The molecule has 1 heterocycles. The molecule has 13 nitrogen and oxygen atoms in total. The van der Waals surface area contributed by atoms with E-state index >= 15 is 0 Å². The summed E-state index contributed by atoms with van der Waals surface area (Å²) in [7, 11) is -7.63. The van der Waals surface area contributed by atoms with Crippen molar-refractivity contribution in [1.82, 2.24) is 4.90 Å². The Kier molecular flexibility index (Phi) is 13.4. The van der Waals surface area contributed by atoms with Crippen molar-refractivity contribution in [3.63, 3.8) is 0 Å². The smallest absolute Gasteiger partial charge is 0.410 e. The molecule has 56 heavy (non-hydrogen) atoms. The van der Waals surface area contributed by atoms with E-state index in [1.165, 1.54) is 48.7 Å². The molecule has 0 radical (unpaired) electrons. The number of nitriles is 2. The summed E-state index contributed by atoms with van der Waals surface area (Å²) in [4.78, 5) is 30.5. The Bertz CT molecular complexity index is 2340. The minimum atomic E-state index is -3.83. The van der Waals surface area contributed by atoms with Crippen molar-refractivity contribution >= 4 is 49.1 Å². The highest BCUT2D eigenvalue weighted by molar-refractivity contribution is 7.93. The van der Waals surface area contributed by atoms with Gasteiger partial charge in [0.2, 0.25) is 20.0 Å². The zero-order chi connectivity index (χ0) is 40.5. The van der Waals surface area contributed by atoms with Gasteiger partial charge in [-0.2, -0.15) is 10.5 Å². The van der Waals surface area contributed by atoms with Gasteiger partial charge in [-0.1, -0.05) is 80.6 Å². The second-order valence-corrected chi connectivity index (χ2v) is 17.1. The lowest BCUT2D eigenvalue weighted by Crippen LogP contribution is -2.54. The van der Waals surface area contributed by atoms with Gasteiger partial charge in [0.1, 0.15) is 12.1 Å². The van der Waals surface area contributed by atoms with Crippen molar-refractivity contribution < 1.29 is 31.2 Å². The zero-order valence-electron chi connectivity index (χ0n) is 31.5. The van der Waals surface area contributed by atoms with E-state index in [0.29, 0.717) is 12.8 Å². The normalized spacial score (nSPS) is 14.4. The fourth-order valence-corrected chi connectivity index (χ4v) is 9.68. The van der Waals surface area contributed by atoms with Crippen LogP contribution in [-0.4, -0.2) is 64.9 Å². The molecule has 1 unspecified atom stereocenters. The first-order valence-electron chi connectivity index (χ1n) is 18.3. The number of rotatable bonds is 15. The summed E-state index contributed by atoms with van der Waals surface area (Å²) >= 11 is 0. The van der Waals surface area contributed by atoms with E-state index in [1.54, 1.807) is 51.1 Å². The van der Waals surface area contributed by atoms with Crippen LogP contribution in [0.3, 0.4) is 0 Å². The molecular weight excluding hydrogens is 753 g/mol. The predicted molar refractivity (Wildman–Crippen MR) is 215 cm³/mol. The summed E-state index contributed by atoms with van der Waals surface area (Å²) in [5.41, 5.74) is 2.26. The van der Waals surface area contributed by atoms with Crippen molar-refractivity contribution in [1.29, 1.82) is 10.5 Å². The van der Waals surface area contributed by atoms with Crippen molar-refractivity contribution in [3.05, 3.63) is 125 Å². The first-order chi connectivity index (χ1) is 26.9. The van der Waals surface area contributed by atoms with E-state index in [9.17, 15) is 36.9 Å². The Morgan fingerprint density at radius 1 is 0.732 bits per heavy atom. The fourth-order valence-electron chi connectivity index (χ4n) is 6.65. The molecule has 4 aromatic carbocycles. The largest absolute Gasteiger partial charge is 0.450 e. The molecular formula is C41H44N6O7S2. The van der Waals surface area contributed by atoms with E-state index in [0.717, 1.165) is 11.1 Å². The Morgan fingerprint density at radius 3 is 1.71 bits per heavy atom. The maximum atomic E-state index is 14.6. The van der Waals surface area contributed by atoms with Crippen LogP contribution < -0.4 is 13.5 Å². The maximum Gasteiger partial charge on any atom is 0.410 e. The number of hydrogen-bond acceptors (Lipinski definition) is 9. The number of amides is 2. The average Bonchev–Trinajstić information content (AvgIpc) is 3.19. The van der Waals surface area contributed by atoms with Crippen LogP contribution in [0.4, 0.5) is 21.9 Å². The Labute approximate surface area is 329 Å². The van der Waals surface area contributed by atoms with Gasteiger partial charge in [0.25, 0.3) is 5.91 Å². The molecule has 0 saturated carbocycles. The number of ether oxygens (including phenoxy) is 1. The Balaban J connectivity index is 1.57. The number of carbonyl (C=O) groups is 2. The first-order valence-corrected chi connectivity index (χ1v) is 21.5. The van der Waals surface area contributed by atoms with Crippen LogP contribution in [0.1, 0.15) is 67.5 Å². The molecule has 292 valence electrons. The fraction of sp³-hybridized carbons (Fsp3) is 0.317. The van der Waals surface area contributed by atoms with E-state index in [1.807, 2.05) is 36.4 Å². The second-order valence-electron chi connectivity index (χ2n) is 13.1. The molecule has 1 aliphatic heterocycles. The van der Waals surface area contributed by atoms with Gasteiger partial charge in [0.15, 0.2) is 0 Å². The molecule has 0 spiro atoms. The molecule has 1 saturated heterocycles. The standard InChI is InChI=1S/C41H44N6O7S2/c1-4-23-55(50,51)46(29-31-13-9-7-10-14-31)35-17-19-37(33(25-35)27-42)39-40(48)44(21-22-45(39)41(49)54-6-3)38-20-18-36(26-34(38)28-43)47(56(52,53)24-5-2)30-32-15-11-8-12-16-32/h7-20,25-26,39H,4-6,21-24,29-30H2,1-3H3. The third-order valence-corrected chi connectivity index (χ3v) is 13.1. The van der Waals surface area contributed by atoms with Gasteiger partial charge >= 0.3 is 6.09 Å². The molecule has 0 aliphatic carbocycles. The van der Waals surface area contributed by atoms with Crippen molar-refractivity contribution in [3.8, 4) is 12.1 Å². The lowest BCUT2D eigenvalue weighted by atomic mass is 9.95. The number of anilines is 3. The molecule has 4 aromatic rings. The van der Waals surface area contributed by atoms with Gasteiger partial charge in [-0.05, 0) is 61.2 Å². The molecule has 15 heteroatoms. The van der Waals surface area contributed by atoms with Crippen LogP contribution in [0.25, 0.3) is 0 Å². The summed E-state index contributed by atoms with van der Waals surface area (Å²) in [6.45, 7) is 5.13. The van der Waals surface area contributed by atoms with Gasteiger partial charge in [-0.15, -0.1) is 0 Å². The van der Waals surface area contributed by atoms with Crippen LogP contribution in [0.5, 0.6) is 0 Å². The molecule has 2 amide bonds. The number of sulfonamides is 2. The lowest BCUT2D eigenvalue weighted by molar-refractivity contribution is -0.125. The predicted octanol–water partition coefficient (Wildman–Crippen LogP) is 6.47. The highest BCUT2D eigenvalue weighted by Gasteiger charge is 2.42. The average molecular weight is 797 g/mol. The van der Waals surface area contributed by atoms with E-state index < -0.39 is 38.1 Å². The molecule has 1 fully saturated rings. The van der Waals surface area contributed by atoms with Gasteiger partial charge < -0.3 is 9.64 Å². The van der Waals surface area contributed by atoms with Crippen LogP contribution in [0, 0.1) is 22.7 Å². The summed E-state index contributed by atoms with van der Waals surface area (Å²) in [5.74, 6) is -0.893. The third-order valence-electron chi connectivity index (χ3n) is 9.23. The Morgan fingerprint density at radius 2 is 1.23 bits per heavy atom. The number of piperazine rings is 1. The van der Waals surface area contributed by atoms with E-state index in [-0.39, 0.29) is 78.0 Å². The van der Waals surface area contributed by atoms with Crippen LogP contribution in [0.15, 0.2) is 97.1 Å². The van der Waals surface area contributed by atoms with Crippen molar-refractivity contribution in [2.45, 2.75) is 52.7 Å². The summed E-state index contributed by atoms with van der Waals surface area (Å²) < 4.78 is 61.9. The summed E-state index contributed by atoms with van der Waals surface area (Å²) in [6.07, 6.45) is -0.0469. The number of nitrogens with zero attached hydrogens (tertiary/aromatic N) is 6. The topological polar surface area (TPSA) is 172 Å². The van der Waals surface area contributed by atoms with E-state index in [2.05, 4.69) is 12.1 Å². The monoisotopic (exact) mass is 796 g/mol. The Hall–Kier alpha value is -5.90.